The van der Waals surface area contributed by atoms with Crippen molar-refractivity contribution in [2.75, 3.05) is 14.2 Å². The van der Waals surface area contributed by atoms with Gasteiger partial charge in [-0.05, 0) is 72.9 Å². The third-order valence-corrected chi connectivity index (χ3v) is 6.71. The van der Waals surface area contributed by atoms with E-state index in [-0.39, 0.29) is 42.8 Å². The summed E-state index contributed by atoms with van der Waals surface area (Å²) in [4.78, 5) is 25.0. The SMILES string of the molecule is COC(=O)CC(NC(=O)Cc1cc(-c2ccc(Cl)cc2)ccc1C)C1CCC(OC)CC1. The fraction of sp³-hybridized carbons (Fsp3) is 0.462. The first-order valence-electron chi connectivity index (χ1n) is 11.1. The summed E-state index contributed by atoms with van der Waals surface area (Å²) in [5.74, 6) is -0.139. The molecule has 172 valence electrons. The number of hydrogen-bond acceptors (Lipinski definition) is 4. The maximum absolute atomic E-state index is 13.0. The fourth-order valence-corrected chi connectivity index (χ4v) is 4.57. The number of esters is 1. The van der Waals surface area contributed by atoms with Crippen LogP contribution in [0.2, 0.25) is 5.02 Å². The number of amides is 1. The third kappa shape index (κ3) is 6.57. The van der Waals surface area contributed by atoms with Crippen LogP contribution in [0.15, 0.2) is 42.5 Å². The van der Waals surface area contributed by atoms with Crippen molar-refractivity contribution < 1.29 is 19.1 Å². The Morgan fingerprint density at radius 1 is 1.03 bits per heavy atom. The first-order valence-corrected chi connectivity index (χ1v) is 11.5. The number of carbonyl (C=O) groups excluding carboxylic acids is 2. The standard InChI is InChI=1S/C26H32ClNO4/c1-17-4-5-20(18-6-10-22(27)11-7-18)14-21(17)15-25(29)28-24(16-26(30)32-3)19-8-12-23(31-2)13-9-19/h4-7,10-11,14,19,23-24H,8-9,12-13,15-16H2,1-3H3,(H,28,29). The van der Waals surface area contributed by atoms with Crippen molar-refractivity contribution in [3.8, 4) is 11.1 Å². The van der Waals surface area contributed by atoms with Gasteiger partial charge in [0, 0.05) is 18.2 Å². The highest BCUT2D eigenvalue weighted by Crippen LogP contribution is 2.30. The predicted molar refractivity (Wildman–Crippen MR) is 127 cm³/mol. The van der Waals surface area contributed by atoms with Crippen molar-refractivity contribution >= 4 is 23.5 Å². The van der Waals surface area contributed by atoms with Crippen LogP contribution in [0.25, 0.3) is 11.1 Å². The van der Waals surface area contributed by atoms with Gasteiger partial charge in [0.05, 0.1) is 26.1 Å². The summed E-state index contributed by atoms with van der Waals surface area (Å²) in [6.45, 7) is 2.01. The van der Waals surface area contributed by atoms with Gasteiger partial charge in [0.25, 0.3) is 0 Å². The van der Waals surface area contributed by atoms with Crippen LogP contribution in [0.4, 0.5) is 0 Å². The van der Waals surface area contributed by atoms with E-state index >= 15 is 0 Å². The average molecular weight is 458 g/mol. The number of methoxy groups -OCH3 is 2. The molecule has 1 atom stereocenters. The Morgan fingerprint density at radius 2 is 1.69 bits per heavy atom. The molecule has 0 spiro atoms. The lowest BCUT2D eigenvalue weighted by Gasteiger charge is -2.33. The number of aryl methyl sites for hydroxylation is 1. The van der Waals surface area contributed by atoms with Crippen LogP contribution in [-0.2, 0) is 25.5 Å². The molecule has 0 aromatic heterocycles. The summed E-state index contributed by atoms with van der Waals surface area (Å²) in [7, 11) is 3.12. The number of hydrogen-bond donors (Lipinski definition) is 1. The van der Waals surface area contributed by atoms with Crippen molar-refractivity contribution in [3.05, 3.63) is 58.6 Å². The van der Waals surface area contributed by atoms with Gasteiger partial charge >= 0.3 is 5.97 Å². The number of benzene rings is 2. The van der Waals surface area contributed by atoms with E-state index in [1.165, 1.54) is 7.11 Å². The molecule has 0 aliphatic heterocycles. The molecular formula is C26H32ClNO4. The average Bonchev–Trinajstić information content (AvgIpc) is 2.80. The lowest BCUT2D eigenvalue weighted by molar-refractivity contribution is -0.141. The van der Waals surface area contributed by atoms with Gasteiger partial charge < -0.3 is 14.8 Å². The monoisotopic (exact) mass is 457 g/mol. The van der Waals surface area contributed by atoms with Crippen molar-refractivity contribution in [1.82, 2.24) is 5.32 Å². The molecule has 1 aliphatic carbocycles. The number of ether oxygens (including phenoxy) is 2. The molecule has 1 amide bonds. The minimum atomic E-state index is -0.301. The second kappa shape index (κ2) is 11.5. The number of nitrogens with one attached hydrogen (secondary N) is 1. The topological polar surface area (TPSA) is 64.6 Å². The molecule has 0 saturated heterocycles. The molecular weight excluding hydrogens is 426 g/mol. The van der Waals surface area contributed by atoms with Crippen LogP contribution in [0.5, 0.6) is 0 Å². The van der Waals surface area contributed by atoms with E-state index in [9.17, 15) is 9.59 Å². The van der Waals surface area contributed by atoms with Crippen molar-refractivity contribution in [1.29, 1.82) is 0 Å². The van der Waals surface area contributed by atoms with Gasteiger partial charge in [0.15, 0.2) is 0 Å². The number of halogens is 1. The highest BCUT2D eigenvalue weighted by molar-refractivity contribution is 6.30. The highest BCUT2D eigenvalue weighted by atomic mass is 35.5. The Balaban J connectivity index is 1.70. The quantitative estimate of drug-likeness (QED) is 0.559. The summed E-state index contributed by atoms with van der Waals surface area (Å²) >= 11 is 6.01. The van der Waals surface area contributed by atoms with E-state index in [2.05, 4.69) is 11.4 Å². The van der Waals surface area contributed by atoms with Gasteiger partial charge in [0.2, 0.25) is 5.91 Å². The van der Waals surface area contributed by atoms with Gasteiger partial charge in [-0.1, -0.05) is 41.9 Å². The fourth-order valence-electron chi connectivity index (χ4n) is 4.44. The van der Waals surface area contributed by atoms with Crippen LogP contribution in [0.3, 0.4) is 0 Å². The zero-order chi connectivity index (χ0) is 23.1. The second-order valence-electron chi connectivity index (χ2n) is 8.55. The van der Waals surface area contributed by atoms with E-state index in [1.54, 1.807) is 7.11 Å². The van der Waals surface area contributed by atoms with Crippen LogP contribution in [0.1, 0.15) is 43.2 Å². The number of rotatable bonds is 8. The molecule has 0 bridgehead atoms. The minimum Gasteiger partial charge on any atom is -0.469 e. The summed E-state index contributed by atoms with van der Waals surface area (Å²) < 4.78 is 10.3. The van der Waals surface area contributed by atoms with Crippen LogP contribution < -0.4 is 5.32 Å². The van der Waals surface area contributed by atoms with E-state index in [1.807, 2.05) is 43.3 Å². The molecule has 5 nitrogen and oxygen atoms in total. The van der Waals surface area contributed by atoms with E-state index in [0.29, 0.717) is 5.02 Å². The van der Waals surface area contributed by atoms with Crippen LogP contribution >= 0.6 is 11.6 Å². The van der Waals surface area contributed by atoms with E-state index in [4.69, 9.17) is 21.1 Å². The summed E-state index contributed by atoms with van der Waals surface area (Å²) in [5, 5.41) is 3.82. The maximum Gasteiger partial charge on any atom is 0.307 e. The first kappa shape index (κ1) is 24.3. The minimum absolute atomic E-state index is 0.0795. The Labute approximate surface area is 195 Å². The molecule has 3 rings (SSSR count). The van der Waals surface area contributed by atoms with Crippen LogP contribution in [0, 0.1) is 12.8 Å². The lowest BCUT2D eigenvalue weighted by Crippen LogP contribution is -2.44. The summed E-state index contributed by atoms with van der Waals surface area (Å²) in [6.07, 6.45) is 4.44. The van der Waals surface area contributed by atoms with Crippen molar-refractivity contribution in [2.24, 2.45) is 5.92 Å². The van der Waals surface area contributed by atoms with Gasteiger partial charge in [-0.15, -0.1) is 0 Å². The predicted octanol–water partition coefficient (Wildman–Crippen LogP) is 5.11. The molecule has 1 N–H and O–H groups in total. The molecule has 6 heteroatoms. The lowest BCUT2D eigenvalue weighted by atomic mass is 9.81. The summed E-state index contributed by atoms with van der Waals surface area (Å²) in [6, 6.07) is 13.6. The normalized spacial score (nSPS) is 19.2. The third-order valence-electron chi connectivity index (χ3n) is 6.46. The molecule has 32 heavy (non-hydrogen) atoms. The second-order valence-corrected chi connectivity index (χ2v) is 8.99. The maximum atomic E-state index is 13.0. The smallest absolute Gasteiger partial charge is 0.307 e. The van der Waals surface area contributed by atoms with Gasteiger partial charge in [-0.2, -0.15) is 0 Å². The van der Waals surface area contributed by atoms with Gasteiger partial charge in [0.1, 0.15) is 0 Å². The van der Waals surface area contributed by atoms with Crippen molar-refractivity contribution in [3.63, 3.8) is 0 Å². The van der Waals surface area contributed by atoms with E-state index < -0.39 is 0 Å². The van der Waals surface area contributed by atoms with Crippen molar-refractivity contribution in [2.45, 2.75) is 57.6 Å². The van der Waals surface area contributed by atoms with Gasteiger partial charge in [-0.3, -0.25) is 9.59 Å². The Bertz CT molecular complexity index is 920. The molecule has 2 aromatic carbocycles. The Kier molecular flexibility index (Phi) is 8.71. The zero-order valence-electron chi connectivity index (χ0n) is 19.0. The largest absolute Gasteiger partial charge is 0.469 e. The molecule has 0 heterocycles. The Hall–Kier alpha value is -2.37. The molecule has 2 aromatic rings. The highest BCUT2D eigenvalue weighted by Gasteiger charge is 2.30. The summed E-state index contributed by atoms with van der Waals surface area (Å²) in [5.41, 5.74) is 4.12. The molecule has 1 unspecified atom stereocenters. The van der Waals surface area contributed by atoms with Gasteiger partial charge in [-0.25, -0.2) is 0 Å². The molecule has 0 radical (unpaired) electrons. The zero-order valence-corrected chi connectivity index (χ0v) is 19.8. The van der Waals surface area contributed by atoms with Crippen LogP contribution in [-0.4, -0.2) is 38.2 Å². The molecule has 1 saturated carbocycles. The number of carbonyl (C=O) groups is 2. The van der Waals surface area contributed by atoms with E-state index in [0.717, 1.165) is 47.9 Å². The molecule has 1 aliphatic rings. The first-order chi connectivity index (χ1) is 15.4. The Morgan fingerprint density at radius 3 is 2.31 bits per heavy atom. The molecule has 1 fully saturated rings.